The maximum absolute atomic E-state index is 9.84. The Hall–Kier alpha value is -2.59. The van der Waals surface area contributed by atoms with Gasteiger partial charge in [0, 0.05) is 24.9 Å². The molecular formula is C17H15N5S. The number of thiophene rings is 1. The van der Waals surface area contributed by atoms with Crippen molar-refractivity contribution < 1.29 is 0 Å². The van der Waals surface area contributed by atoms with Gasteiger partial charge in [-0.05, 0) is 35.0 Å². The van der Waals surface area contributed by atoms with Crippen LogP contribution in [0.5, 0.6) is 0 Å². The van der Waals surface area contributed by atoms with Gasteiger partial charge < -0.3 is 10.6 Å². The third-order valence-electron chi connectivity index (χ3n) is 4.74. The number of allylic oxidation sites excluding steroid dienone is 2. The molecule has 1 aliphatic heterocycles. The zero-order valence-corrected chi connectivity index (χ0v) is 13.5. The van der Waals surface area contributed by atoms with Crippen molar-refractivity contribution in [1.29, 1.82) is 15.8 Å². The van der Waals surface area contributed by atoms with E-state index in [4.69, 9.17) is 5.73 Å². The van der Waals surface area contributed by atoms with Crippen molar-refractivity contribution in [3.8, 4) is 18.2 Å². The molecule has 0 saturated carbocycles. The number of hydrogen-bond acceptors (Lipinski definition) is 6. The molecule has 2 N–H and O–H groups in total. The highest BCUT2D eigenvalue weighted by molar-refractivity contribution is 7.08. The molecule has 0 aromatic carbocycles. The van der Waals surface area contributed by atoms with E-state index in [0.29, 0.717) is 12.2 Å². The van der Waals surface area contributed by atoms with Crippen molar-refractivity contribution in [3.05, 3.63) is 45.3 Å². The second-order valence-corrected chi connectivity index (χ2v) is 6.73. The lowest BCUT2D eigenvalue weighted by Crippen LogP contribution is -2.46. The number of rotatable bonds is 1. The van der Waals surface area contributed by atoms with E-state index in [1.807, 2.05) is 36.0 Å². The number of nitriles is 3. The Bertz CT molecular complexity index is 799. The van der Waals surface area contributed by atoms with Gasteiger partial charge in [0.15, 0.2) is 5.41 Å². The van der Waals surface area contributed by atoms with Gasteiger partial charge in [-0.1, -0.05) is 6.08 Å². The van der Waals surface area contributed by atoms with Crippen LogP contribution in [0.2, 0.25) is 0 Å². The standard InChI is InChI=1S/C17H15N5S/c1-22-4-2-12-13(7-22)15(11-3-5-23-8-11)17(9-19,10-20)14(6-18)16(12)21/h2-3,5,8,13,15H,4,7,21H2,1H3. The third kappa shape index (κ3) is 2.06. The van der Waals surface area contributed by atoms with E-state index in [-0.39, 0.29) is 17.4 Å². The summed E-state index contributed by atoms with van der Waals surface area (Å²) in [7, 11) is 2.00. The zero-order valence-electron chi connectivity index (χ0n) is 12.7. The van der Waals surface area contributed by atoms with Crippen LogP contribution in [0.1, 0.15) is 11.5 Å². The summed E-state index contributed by atoms with van der Waals surface area (Å²) in [4.78, 5) is 2.14. The van der Waals surface area contributed by atoms with Crippen LogP contribution in [0.3, 0.4) is 0 Å². The average molecular weight is 321 g/mol. The minimum atomic E-state index is -1.54. The quantitative estimate of drug-likeness (QED) is 0.853. The molecule has 2 unspecified atom stereocenters. The molecule has 2 heterocycles. The predicted octanol–water partition coefficient (Wildman–Crippen LogP) is 2.10. The average Bonchev–Trinajstić information content (AvgIpc) is 3.08. The van der Waals surface area contributed by atoms with Crippen LogP contribution in [-0.2, 0) is 0 Å². The molecule has 5 nitrogen and oxygen atoms in total. The highest BCUT2D eigenvalue weighted by atomic mass is 32.1. The molecule has 0 amide bonds. The van der Waals surface area contributed by atoms with Gasteiger partial charge >= 0.3 is 0 Å². The van der Waals surface area contributed by atoms with E-state index in [9.17, 15) is 15.8 Å². The lowest BCUT2D eigenvalue weighted by molar-refractivity contribution is 0.239. The molecule has 2 aliphatic rings. The summed E-state index contributed by atoms with van der Waals surface area (Å²) in [6.07, 6.45) is 2.01. The second-order valence-electron chi connectivity index (χ2n) is 5.95. The first-order chi connectivity index (χ1) is 11.1. The first kappa shape index (κ1) is 15.3. The first-order valence-electron chi connectivity index (χ1n) is 7.23. The summed E-state index contributed by atoms with van der Waals surface area (Å²) >= 11 is 1.52. The van der Waals surface area contributed by atoms with Gasteiger partial charge in [0.2, 0.25) is 0 Å². The van der Waals surface area contributed by atoms with Gasteiger partial charge in [-0.2, -0.15) is 27.1 Å². The van der Waals surface area contributed by atoms with E-state index in [0.717, 1.165) is 17.7 Å². The Balaban J connectivity index is 2.33. The van der Waals surface area contributed by atoms with Crippen molar-refractivity contribution in [3.63, 3.8) is 0 Å². The molecule has 23 heavy (non-hydrogen) atoms. The van der Waals surface area contributed by atoms with Crippen LogP contribution < -0.4 is 5.73 Å². The number of fused-ring (bicyclic) bond motifs is 1. The van der Waals surface area contributed by atoms with Crippen LogP contribution in [-0.4, -0.2) is 25.0 Å². The van der Waals surface area contributed by atoms with Gasteiger partial charge in [-0.15, -0.1) is 0 Å². The van der Waals surface area contributed by atoms with Gasteiger partial charge in [0.25, 0.3) is 0 Å². The van der Waals surface area contributed by atoms with Crippen LogP contribution in [0.15, 0.2) is 39.7 Å². The Morgan fingerprint density at radius 3 is 2.65 bits per heavy atom. The van der Waals surface area contributed by atoms with Gasteiger partial charge in [0.1, 0.15) is 0 Å². The van der Waals surface area contributed by atoms with Crippen molar-refractivity contribution >= 4 is 11.3 Å². The van der Waals surface area contributed by atoms with Crippen molar-refractivity contribution in [2.24, 2.45) is 17.1 Å². The van der Waals surface area contributed by atoms with E-state index in [1.54, 1.807) is 0 Å². The van der Waals surface area contributed by atoms with Gasteiger partial charge in [0.05, 0.1) is 29.5 Å². The topological polar surface area (TPSA) is 101 Å². The molecule has 0 saturated heterocycles. The fourth-order valence-electron chi connectivity index (χ4n) is 3.68. The number of likely N-dealkylation sites (N-methyl/N-ethyl adjacent to an activating group) is 1. The summed E-state index contributed by atoms with van der Waals surface area (Å²) in [5, 5.41) is 33.2. The van der Waals surface area contributed by atoms with Gasteiger partial charge in [-0.25, -0.2) is 0 Å². The molecule has 1 aromatic heterocycles. The molecule has 0 spiro atoms. The Labute approximate surface area is 139 Å². The maximum Gasteiger partial charge on any atom is 0.187 e. The summed E-state index contributed by atoms with van der Waals surface area (Å²) in [5.74, 6) is -0.459. The predicted molar refractivity (Wildman–Crippen MR) is 86.6 cm³/mol. The zero-order chi connectivity index (χ0) is 16.6. The lowest BCUT2D eigenvalue weighted by Gasteiger charge is -2.44. The largest absolute Gasteiger partial charge is 0.398 e. The molecule has 1 aliphatic carbocycles. The monoisotopic (exact) mass is 321 g/mol. The Morgan fingerprint density at radius 1 is 1.35 bits per heavy atom. The fourth-order valence-corrected chi connectivity index (χ4v) is 4.38. The van der Waals surface area contributed by atoms with E-state index in [1.165, 1.54) is 11.3 Å². The van der Waals surface area contributed by atoms with Crippen LogP contribution in [0.4, 0.5) is 0 Å². The smallest absolute Gasteiger partial charge is 0.187 e. The van der Waals surface area contributed by atoms with Crippen LogP contribution >= 0.6 is 11.3 Å². The Kier molecular flexibility index (Phi) is 3.70. The minimum absolute atomic E-state index is 0.0697. The summed E-state index contributed by atoms with van der Waals surface area (Å²) < 4.78 is 0. The van der Waals surface area contributed by atoms with Crippen molar-refractivity contribution in [2.75, 3.05) is 20.1 Å². The summed E-state index contributed by atoms with van der Waals surface area (Å²) in [6, 6.07) is 8.22. The maximum atomic E-state index is 9.84. The van der Waals surface area contributed by atoms with E-state index < -0.39 is 5.41 Å². The number of hydrogen-bond donors (Lipinski definition) is 1. The fraction of sp³-hybridized carbons (Fsp3) is 0.353. The normalized spacial score (nSPS) is 26.4. The molecular weight excluding hydrogens is 306 g/mol. The minimum Gasteiger partial charge on any atom is -0.398 e. The summed E-state index contributed by atoms with van der Waals surface area (Å²) in [6.45, 7) is 1.45. The second kappa shape index (κ2) is 5.56. The SMILES string of the molecule is CN1CC=C2C(N)=C(C#N)C(C#N)(C#N)C(c3ccsc3)C2C1. The van der Waals surface area contributed by atoms with E-state index in [2.05, 4.69) is 17.0 Å². The molecule has 2 atom stereocenters. The molecule has 0 fully saturated rings. The van der Waals surface area contributed by atoms with E-state index >= 15 is 0 Å². The van der Waals surface area contributed by atoms with Crippen LogP contribution in [0.25, 0.3) is 0 Å². The molecule has 3 rings (SSSR count). The third-order valence-corrected chi connectivity index (χ3v) is 5.44. The molecule has 1 aromatic rings. The first-order valence-corrected chi connectivity index (χ1v) is 8.17. The Morgan fingerprint density at radius 2 is 2.09 bits per heavy atom. The number of nitrogens with zero attached hydrogens (tertiary/aromatic N) is 4. The highest BCUT2D eigenvalue weighted by Crippen LogP contribution is 2.54. The molecule has 114 valence electrons. The van der Waals surface area contributed by atoms with Crippen LogP contribution in [0, 0.1) is 45.3 Å². The lowest BCUT2D eigenvalue weighted by atomic mass is 9.57. The molecule has 6 heteroatoms. The van der Waals surface area contributed by atoms with Crippen molar-refractivity contribution in [2.45, 2.75) is 5.92 Å². The molecule has 0 radical (unpaired) electrons. The summed E-state index contributed by atoms with van der Waals surface area (Å²) in [5.41, 5.74) is 6.88. The molecule has 0 bridgehead atoms. The van der Waals surface area contributed by atoms with Crippen molar-refractivity contribution in [1.82, 2.24) is 4.90 Å². The van der Waals surface area contributed by atoms with Gasteiger partial charge in [-0.3, -0.25) is 0 Å². The highest BCUT2D eigenvalue weighted by Gasteiger charge is 2.54. The number of nitrogens with two attached hydrogens (primary N) is 1.